The molecule has 2 aromatic carbocycles. The van der Waals surface area contributed by atoms with E-state index in [9.17, 15) is 4.79 Å². The van der Waals surface area contributed by atoms with Crippen molar-refractivity contribution in [1.82, 2.24) is 10.3 Å². The number of pyridine rings is 1. The van der Waals surface area contributed by atoms with E-state index in [0.717, 1.165) is 23.5 Å². The molecule has 1 aromatic heterocycles. The second-order valence-corrected chi connectivity index (χ2v) is 7.20. The van der Waals surface area contributed by atoms with Crippen molar-refractivity contribution in [2.24, 2.45) is 0 Å². The Morgan fingerprint density at radius 1 is 1.19 bits per heavy atom. The highest BCUT2D eigenvalue weighted by molar-refractivity contribution is 6.30. The van der Waals surface area contributed by atoms with E-state index < -0.39 is 0 Å². The summed E-state index contributed by atoms with van der Waals surface area (Å²) in [6, 6.07) is 19.7. The molecule has 0 saturated heterocycles. The molecule has 1 aliphatic heterocycles. The predicted octanol–water partition coefficient (Wildman–Crippen LogP) is 4.75. The first-order valence-corrected chi connectivity index (χ1v) is 9.35. The zero-order chi connectivity index (χ0) is 18.8. The van der Waals surface area contributed by atoms with E-state index in [1.165, 1.54) is 5.56 Å². The molecule has 0 aliphatic carbocycles. The topological polar surface area (TPSA) is 45.2 Å². The molecule has 1 aliphatic rings. The van der Waals surface area contributed by atoms with Gasteiger partial charge in [-0.3, -0.25) is 4.79 Å². The van der Waals surface area contributed by atoms with Crippen LogP contribution in [0.5, 0.6) is 0 Å². The molecule has 1 N–H and O–H groups in total. The number of fused-ring (bicyclic) bond motifs is 1. The number of hydrogen-bond donors (Lipinski definition) is 1. The van der Waals surface area contributed by atoms with Gasteiger partial charge in [0.05, 0.1) is 0 Å². The van der Waals surface area contributed by atoms with Crippen LogP contribution in [0.2, 0.25) is 5.02 Å². The molecule has 1 atom stereocenters. The van der Waals surface area contributed by atoms with Gasteiger partial charge in [-0.25, -0.2) is 4.98 Å². The van der Waals surface area contributed by atoms with Gasteiger partial charge in [-0.2, -0.15) is 0 Å². The highest BCUT2D eigenvalue weighted by Crippen LogP contribution is 2.37. The van der Waals surface area contributed by atoms with E-state index in [0.29, 0.717) is 23.2 Å². The minimum atomic E-state index is -0.117. The van der Waals surface area contributed by atoms with Gasteiger partial charge in [0, 0.05) is 35.1 Å². The zero-order valence-corrected chi connectivity index (χ0v) is 15.8. The minimum absolute atomic E-state index is 0.117. The Labute approximate surface area is 163 Å². The van der Waals surface area contributed by atoms with E-state index in [1.807, 2.05) is 36.4 Å². The lowest BCUT2D eigenvalue weighted by molar-refractivity contribution is 0.0951. The van der Waals surface area contributed by atoms with Crippen LogP contribution >= 0.6 is 11.6 Å². The zero-order valence-electron chi connectivity index (χ0n) is 15.0. The van der Waals surface area contributed by atoms with Crippen molar-refractivity contribution < 1.29 is 4.79 Å². The molecule has 0 saturated carbocycles. The predicted molar refractivity (Wildman–Crippen MR) is 109 cm³/mol. The minimum Gasteiger partial charge on any atom is -0.348 e. The molecule has 0 fully saturated rings. The lowest BCUT2D eigenvalue weighted by Gasteiger charge is -2.24. The van der Waals surface area contributed by atoms with Gasteiger partial charge >= 0.3 is 0 Å². The van der Waals surface area contributed by atoms with Crippen LogP contribution in [0.1, 0.15) is 28.4 Å². The van der Waals surface area contributed by atoms with Crippen LogP contribution < -0.4 is 10.2 Å². The quantitative estimate of drug-likeness (QED) is 0.713. The van der Waals surface area contributed by atoms with E-state index in [-0.39, 0.29) is 5.91 Å². The third kappa shape index (κ3) is 3.67. The number of carbonyl (C=O) groups excluding carboxylic acids is 1. The fraction of sp³-hybridized carbons (Fsp3) is 0.182. The van der Waals surface area contributed by atoms with E-state index in [4.69, 9.17) is 11.6 Å². The van der Waals surface area contributed by atoms with Crippen LogP contribution in [0.4, 0.5) is 11.5 Å². The monoisotopic (exact) mass is 377 g/mol. The second-order valence-electron chi connectivity index (χ2n) is 6.76. The maximum absolute atomic E-state index is 12.6. The van der Waals surface area contributed by atoms with Crippen LogP contribution in [0.25, 0.3) is 0 Å². The third-order valence-electron chi connectivity index (χ3n) is 4.83. The highest BCUT2D eigenvalue weighted by atomic mass is 35.5. The number of nitrogens with zero attached hydrogens (tertiary/aromatic N) is 2. The summed E-state index contributed by atoms with van der Waals surface area (Å²) >= 11 is 5.90. The number of aromatic nitrogens is 1. The summed E-state index contributed by atoms with van der Waals surface area (Å²) in [7, 11) is 0. The standard InChI is InChI=1S/C22H20ClN3O/c1-15-12-17-4-2-3-5-20(17)26(15)21-13-18(10-11-24-21)22(27)25-14-16-6-8-19(23)9-7-16/h2-11,13,15H,12,14H2,1H3,(H,25,27). The smallest absolute Gasteiger partial charge is 0.251 e. The Morgan fingerprint density at radius 2 is 1.96 bits per heavy atom. The summed E-state index contributed by atoms with van der Waals surface area (Å²) in [6.07, 6.45) is 2.67. The molecule has 136 valence electrons. The van der Waals surface area contributed by atoms with Gasteiger partial charge in [0.1, 0.15) is 5.82 Å². The average molecular weight is 378 g/mol. The molecule has 0 radical (unpaired) electrons. The molecule has 4 nitrogen and oxygen atoms in total. The largest absolute Gasteiger partial charge is 0.348 e. The van der Waals surface area contributed by atoms with Crippen molar-refractivity contribution in [1.29, 1.82) is 0 Å². The van der Waals surface area contributed by atoms with Crippen LogP contribution in [-0.2, 0) is 13.0 Å². The Balaban J connectivity index is 1.52. The van der Waals surface area contributed by atoms with Gasteiger partial charge in [0.2, 0.25) is 0 Å². The first kappa shape index (κ1) is 17.6. The fourth-order valence-corrected chi connectivity index (χ4v) is 3.62. The molecular weight excluding hydrogens is 358 g/mol. The first-order chi connectivity index (χ1) is 13.1. The molecule has 4 rings (SSSR count). The van der Waals surface area contributed by atoms with Crippen LogP contribution in [0, 0.1) is 0 Å². The summed E-state index contributed by atoms with van der Waals surface area (Å²) in [5, 5.41) is 3.64. The Bertz CT molecular complexity index is 971. The van der Waals surface area contributed by atoms with E-state index in [1.54, 1.807) is 12.3 Å². The molecule has 0 bridgehead atoms. The van der Waals surface area contributed by atoms with Crippen molar-refractivity contribution >= 4 is 29.0 Å². The normalized spacial score (nSPS) is 15.5. The second kappa shape index (κ2) is 7.41. The third-order valence-corrected chi connectivity index (χ3v) is 5.08. The van der Waals surface area contributed by atoms with Gasteiger partial charge in [-0.15, -0.1) is 0 Å². The Hall–Kier alpha value is -2.85. The van der Waals surface area contributed by atoms with E-state index in [2.05, 4.69) is 40.3 Å². The maximum Gasteiger partial charge on any atom is 0.251 e. The summed E-state index contributed by atoms with van der Waals surface area (Å²) in [4.78, 5) is 19.3. The number of hydrogen-bond acceptors (Lipinski definition) is 3. The number of nitrogens with one attached hydrogen (secondary N) is 1. The van der Waals surface area contributed by atoms with Crippen molar-refractivity contribution in [3.63, 3.8) is 0 Å². The molecule has 5 heteroatoms. The molecule has 3 aromatic rings. The summed E-state index contributed by atoms with van der Waals surface area (Å²) < 4.78 is 0. The number of amides is 1. The molecule has 0 spiro atoms. The van der Waals surface area contributed by atoms with Crippen molar-refractivity contribution in [3.8, 4) is 0 Å². The van der Waals surface area contributed by atoms with Crippen LogP contribution in [-0.4, -0.2) is 16.9 Å². The summed E-state index contributed by atoms with van der Waals surface area (Å²) in [6.45, 7) is 2.63. The maximum atomic E-state index is 12.6. The van der Waals surface area contributed by atoms with Gasteiger partial charge in [0.15, 0.2) is 0 Å². The first-order valence-electron chi connectivity index (χ1n) is 8.97. The van der Waals surface area contributed by atoms with Crippen molar-refractivity contribution in [3.05, 3.63) is 88.6 Å². The number of anilines is 2. The SMILES string of the molecule is CC1Cc2ccccc2N1c1cc(C(=O)NCc2ccc(Cl)cc2)ccn1. The summed E-state index contributed by atoms with van der Waals surface area (Å²) in [5.74, 6) is 0.681. The lowest BCUT2D eigenvalue weighted by Crippen LogP contribution is -2.26. The van der Waals surface area contributed by atoms with E-state index >= 15 is 0 Å². The van der Waals surface area contributed by atoms with Crippen LogP contribution in [0.15, 0.2) is 66.9 Å². The number of halogens is 1. The van der Waals surface area contributed by atoms with Crippen LogP contribution in [0.3, 0.4) is 0 Å². The molecule has 1 amide bonds. The number of para-hydroxylation sites is 1. The molecule has 2 heterocycles. The van der Waals surface area contributed by atoms with Gasteiger partial charge in [0.25, 0.3) is 5.91 Å². The van der Waals surface area contributed by atoms with Gasteiger partial charge in [-0.1, -0.05) is 41.9 Å². The Morgan fingerprint density at radius 3 is 2.78 bits per heavy atom. The fourth-order valence-electron chi connectivity index (χ4n) is 3.49. The number of rotatable bonds is 4. The molecule has 1 unspecified atom stereocenters. The molecular formula is C22H20ClN3O. The van der Waals surface area contributed by atoms with Crippen molar-refractivity contribution in [2.75, 3.05) is 4.90 Å². The van der Waals surface area contributed by atoms with Gasteiger partial charge < -0.3 is 10.2 Å². The van der Waals surface area contributed by atoms with Crippen molar-refractivity contribution in [2.45, 2.75) is 25.9 Å². The average Bonchev–Trinajstić information content (AvgIpc) is 3.03. The Kier molecular flexibility index (Phi) is 4.82. The lowest BCUT2D eigenvalue weighted by atomic mass is 10.1. The number of benzene rings is 2. The summed E-state index contributed by atoms with van der Waals surface area (Å²) in [5.41, 5.74) is 4.08. The molecule has 27 heavy (non-hydrogen) atoms. The van der Waals surface area contributed by atoms with Gasteiger partial charge in [-0.05, 0) is 54.8 Å². The number of carbonyl (C=O) groups is 1. The highest BCUT2D eigenvalue weighted by Gasteiger charge is 2.27.